The standard InChI is InChI=1S/C12H21BFNO2/c1-11(2)12(3,4)17-13(16-11)9-6-7-15(5)8-10(9)14/h6-8H2,1-5H3. The van der Waals surface area contributed by atoms with Gasteiger partial charge in [0.2, 0.25) is 0 Å². The van der Waals surface area contributed by atoms with Crippen molar-refractivity contribution in [3.8, 4) is 0 Å². The van der Waals surface area contributed by atoms with Gasteiger partial charge in [-0.15, -0.1) is 0 Å². The predicted octanol–water partition coefficient (Wildman–Crippen LogP) is 2.18. The van der Waals surface area contributed by atoms with E-state index in [-0.39, 0.29) is 5.83 Å². The summed E-state index contributed by atoms with van der Waals surface area (Å²) in [6.07, 6.45) is 0.680. The third-order valence-electron chi connectivity index (χ3n) is 4.06. The molecular formula is C12H21BFNO2. The quantitative estimate of drug-likeness (QED) is 0.657. The van der Waals surface area contributed by atoms with Crippen LogP contribution < -0.4 is 0 Å². The van der Waals surface area contributed by atoms with Crippen molar-refractivity contribution in [2.75, 3.05) is 20.1 Å². The van der Waals surface area contributed by atoms with Crippen molar-refractivity contribution in [2.24, 2.45) is 0 Å². The highest BCUT2D eigenvalue weighted by Gasteiger charge is 2.53. The van der Waals surface area contributed by atoms with Gasteiger partial charge in [-0.1, -0.05) is 0 Å². The van der Waals surface area contributed by atoms with Gasteiger partial charge in [0.05, 0.1) is 11.2 Å². The SMILES string of the molecule is CN1CCC(B2OC(C)(C)C(C)(C)O2)=C(F)C1. The lowest BCUT2D eigenvalue weighted by molar-refractivity contribution is 0.00578. The minimum absolute atomic E-state index is 0.0998. The summed E-state index contributed by atoms with van der Waals surface area (Å²) >= 11 is 0. The molecule has 1 fully saturated rings. The fourth-order valence-corrected chi connectivity index (χ4v) is 2.10. The Balaban J connectivity index is 2.19. The Labute approximate surface area is 103 Å². The van der Waals surface area contributed by atoms with Crippen molar-refractivity contribution < 1.29 is 13.7 Å². The molecule has 96 valence electrons. The Hall–Kier alpha value is -0.385. The summed E-state index contributed by atoms with van der Waals surface area (Å²) in [7, 11) is 1.40. The van der Waals surface area contributed by atoms with Crippen molar-refractivity contribution in [1.82, 2.24) is 4.90 Å². The van der Waals surface area contributed by atoms with E-state index in [1.54, 1.807) is 0 Å². The molecule has 17 heavy (non-hydrogen) atoms. The van der Waals surface area contributed by atoms with Crippen LogP contribution >= 0.6 is 0 Å². The number of hydrogen-bond acceptors (Lipinski definition) is 3. The second-order valence-corrected chi connectivity index (χ2v) is 6.01. The maximum atomic E-state index is 13.9. The zero-order valence-corrected chi connectivity index (χ0v) is 11.3. The van der Waals surface area contributed by atoms with Crippen LogP contribution in [0.4, 0.5) is 4.39 Å². The molecular weight excluding hydrogens is 220 g/mol. The Bertz CT molecular complexity index is 338. The van der Waals surface area contributed by atoms with Gasteiger partial charge in [0, 0.05) is 13.1 Å². The van der Waals surface area contributed by atoms with E-state index < -0.39 is 18.3 Å². The molecule has 0 aromatic heterocycles. The maximum absolute atomic E-state index is 13.9. The number of likely N-dealkylation sites (N-methyl/N-ethyl adjacent to an activating group) is 1. The van der Waals surface area contributed by atoms with Crippen LogP contribution in [0.1, 0.15) is 34.1 Å². The zero-order valence-electron chi connectivity index (χ0n) is 11.3. The van der Waals surface area contributed by atoms with Crippen LogP contribution in [0, 0.1) is 0 Å². The monoisotopic (exact) mass is 241 g/mol. The molecule has 0 aliphatic carbocycles. The molecule has 3 nitrogen and oxygen atoms in total. The van der Waals surface area contributed by atoms with Gasteiger partial charge in [0.1, 0.15) is 5.83 Å². The van der Waals surface area contributed by atoms with Crippen molar-refractivity contribution in [3.63, 3.8) is 0 Å². The highest BCUT2D eigenvalue weighted by molar-refractivity contribution is 6.54. The fraction of sp³-hybridized carbons (Fsp3) is 0.833. The van der Waals surface area contributed by atoms with Crippen LogP contribution in [-0.4, -0.2) is 43.4 Å². The summed E-state index contributed by atoms with van der Waals surface area (Å²) in [5.74, 6) is -0.0998. The van der Waals surface area contributed by atoms with E-state index in [9.17, 15) is 4.39 Å². The van der Waals surface area contributed by atoms with Gasteiger partial charge in [0.25, 0.3) is 0 Å². The number of halogens is 1. The van der Waals surface area contributed by atoms with Crippen LogP contribution in [0.2, 0.25) is 0 Å². The van der Waals surface area contributed by atoms with Gasteiger partial charge < -0.3 is 9.31 Å². The average Bonchev–Trinajstić information content (AvgIpc) is 2.35. The summed E-state index contributed by atoms with van der Waals surface area (Å²) in [6, 6.07) is 0. The Morgan fingerprint density at radius 1 is 1.18 bits per heavy atom. The molecule has 0 saturated carbocycles. The molecule has 0 spiro atoms. The van der Waals surface area contributed by atoms with E-state index in [2.05, 4.69) is 0 Å². The first kappa shape index (κ1) is 13.1. The predicted molar refractivity (Wildman–Crippen MR) is 66.3 cm³/mol. The summed E-state index contributed by atoms with van der Waals surface area (Å²) < 4.78 is 25.7. The minimum atomic E-state index is -0.520. The van der Waals surface area contributed by atoms with Crippen LogP contribution in [-0.2, 0) is 9.31 Å². The summed E-state index contributed by atoms with van der Waals surface area (Å²) in [6.45, 7) is 9.16. The second kappa shape index (κ2) is 4.07. The highest BCUT2D eigenvalue weighted by Crippen LogP contribution is 2.40. The third kappa shape index (κ3) is 2.28. The fourth-order valence-electron chi connectivity index (χ4n) is 2.10. The van der Waals surface area contributed by atoms with Crippen LogP contribution in [0.5, 0.6) is 0 Å². The zero-order chi connectivity index (χ0) is 12.8. The van der Waals surface area contributed by atoms with E-state index in [1.807, 2.05) is 39.6 Å². The first-order valence-electron chi connectivity index (χ1n) is 6.14. The lowest BCUT2D eigenvalue weighted by Gasteiger charge is -2.32. The molecule has 0 N–H and O–H groups in total. The van der Waals surface area contributed by atoms with Crippen molar-refractivity contribution >= 4 is 7.12 Å². The molecule has 0 radical (unpaired) electrons. The molecule has 2 heterocycles. The smallest absolute Gasteiger partial charge is 0.399 e. The summed E-state index contributed by atoms with van der Waals surface area (Å²) in [4.78, 5) is 1.96. The minimum Gasteiger partial charge on any atom is -0.399 e. The van der Waals surface area contributed by atoms with Crippen molar-refractivity contribution in [3.05, 3.63) is 11.3 Å². The molecule has 0 amide bonds. The van der Waals surface area contributed by atoms with E-state index in [1.165, 1.54) is 0 Å². The van der Waals surface area contributed by atoms with Gasteiger partial charge >= 0.3 is 7.12 Å². The highest BCUT2D eigenvalue weighted by atomic mass is 19.1. The summed E-state index contributed by atoms with van der Waals surface area (Å²) in [5, 5.41) is 0. The number of rotatable bonds is 1. The maximum Gasteiger partial charge on any atom is 0.493 e. The van der Waals surface area contributed by atoms with Gasteiger partial charge in [-0.2, -0.15) is 0 Å². The van der Waals surface area contributed by atoms with E-state index in [0.29, 0.717) is 18.4 Å². The molecule has 0 bridgehead atoms. The Morgan fingerprint density at radius 3 is 2.18 bits per heavy atom. The van der Waals surface area contributed by atoms with Gasteiger partial charge in [-0.05, 0) is 46.6 Å². The largest absolute Gasteiger partial charge is 0.493 e. The van der Waals surface area contributed by atoms with Gasteiger partial charge in [0.15, 0.2) is 0 Å². The normalized spacial score (nSPS) is 28.9. The first-order chi connectivity index (χ1) is 7.73. The van der Waals surface area contributed by atoms with E-state index in [0.717, 1.165) is 6.54 Å². The third-order valence-corrected chi connectivity index (χ3v) is 4.06. The van der Waals surface area contributed by atoms with Crippen LogP contribution in [0.15, 0.2) is 11.3 Å². The first-order valence-corrected chi connectivity index (χ1v) is 6.14. The molecule has 0 aromatic rings. The molecule has 0 aromatic carbocycles. The molecule has 5 heteroatoms. The van der Waals surface area contributed by atoms with Gasteiger partial charge in [-0.25, -0.2) is 4.39 Å². The van der Waals surface area contributed by atoms with Gasteiger partial charge in [-0.3, -0.25) is 4.90 Å². The Kier molecular flexibility index (Phi) is 3.13. The van der Waals surface area contributed by atoms with Crippen LogP contribution in [0.25, 0.3) is 0 Å². The lowest BCUT2D eigenvalue weighted by atomic mass is 9.74. The molecule has 2 rings (SSSR count). The molecule has 1 saturated heterocycles. The summed E-state index contributed by atoms with van der Waals surface area (Å²) in [5.41, 5.74) is -0.107. The molecule has 0 atom stereocenters. The molecule has 0 unspecified atom stereocenters. The number of hydrogen-bond donors (Lipinski definition) is 0. The second-order valence-electron chi connectivity index (χ2n) is 6.01. The molecule has 2 aliphatic rings. The van der Waals surface area contributed by atoms with Crippen LogP contribution in [0.3, 0.4) is 0 Å². The van der Waals surface area contributed by atoms with E-state index >= 15 is 0 Å². The van der Waals surface area contributed by atoms with Crippen molar-refractivity contribution in [1.29, 1.82) is 0 Å². The van der Waals surface area contributed by atoms with E-state index in [4.69, 9.17) is 9.31 Å². The Morgan fingerprint density at radius 2 is 1.71 bits per heavy atom. The number of nitrogens with zero attached hydrogens (tertiary/aromatic N) is 1. The molecule has 2 aliphatic heterocycles. The topological polar surface area (TPSA) is 21.7 Å². The lowest BCUT2D eigenvalue weighted by Crippen LogP contribution is -2.41. The average molecular weight is 241 g/mol. The van der Waals surface area contributed by atoms with Crippen molar-refractivity contribution in [2.45, 2.75) is 45.3 Å².